The Hall–Kier alpha value is 0.569. The van der Waals surface area contributed by atoms with E-state index in [4.69, 9.17) is 9.47 Å². The van der Waals surface area contributed by atoms with Crippen LogP contribution in [0.25, 0.3) is 0 Å². The molecule has 7 heteroatoms. The van der Waals surface area contributed by atoms with Gasteiger partial charge in [-0.1, -0.05) is 0 Å². The molecule has 0 aromatic heterocycles. The Morgan fingerprint density at radius 2 is 1.03 bits per heavy atom. The predicted molar refractivity (Wildman–Crippen MR) is 141 cm³/mol. The van der Waals surface area contributed by atoms with E-state index in [0.717, 1.165) is 11.5 Å². The SMILES string of the molecule is CC(C)Oc1ccc(C(C)C)c2c1S[Te]1(Sc3c(OC(C)C)ccc(C(C)C)c3[Se]1)[Se]2. The molecule has 2 aromatic carbocycles. The standard InChI is InChI=1S/C24H32O2S2Se2Te/c1-13(2)17-9-11-19(25-15(5)6)21-23(17)29-31(27-21)28-22-20(26-16(7)8)12-10-18(14(3)4)24(22)30-31/h9-16H,1-8H3. The zero-order valence-electron chi connectivity index (χ0n) is 19.5. The predicted octanol–water partition coefficient (Wildman–Crippen LogP) is 5.51. The van der Waals surface area contributed by atoms with Gasteiger partial charge >= 0.3 is 207 Å². The summed E-state index contributed by atoms with van der Waals surface area (Å²) < 4.78 is 15.9. The monoisotopic (exact) mass is 706 g/mol. The van der Waals surface area contributed by atoms with Crippen LogP contribution in [0, 0.1) is 0 Å². The van der Waals surface area contributed by atoms with Crippen molar-refractivity contribution in [3.05, 3.63) is 35.4 Å². The molecule has 2 aliphatic rings. The van der Waals surface area contributed by atoms with E-state index in [1.165, 1.54) is 9.79 Å². The summed E-state index contributed by atoms with van der Waals surface area (Å²) in [5.74, 6) is 3.38. The Balaban J connectivity index is 1.76. The first-order chi connectivity index (χ1) is 14.6. The van der Waals surface area contributed by atoms with Crippen LogP contribution in [0.4, 0.5) is 0 Å². The third-order valence-corrected chi connectivity index (χ3v) is 61.5. The van der Waals surface area contributed by atoms with Crippen molar-refractivity contribution in [2.24, 2.45) is 0 Å². The van der Waals surface area contributed by atoms with Gasteiger partial charge in [0.2, 0.25) is 0 Å². The van der Waals surface area contributed by atoms with Gasteiger partial charge in [0.25, 0.3) is 0 Å². The molecule has 0 aliphatic carbocycles. The van der Waals surface area contributed by atoms with Gasteiger partial charge in [-0.05, 0) is 0 Å². The molecule has 2 heterocycles. The first kappa shape index (κ1) is 24.7. The average Bonchev–Trinajstić information content (AvgIpc) is 3.21. The molecule has 2 aromatic rings. The van der Waals surface area contributed by atoms with Crippen LogP contribution in [0.3, 0.4) is 0 Å². The van der Waals surface area contributed by atoms with E-state index in [0.29, 0.717) is 35.4 Å². The maximum absolute atomic E-state index is 6.30. The van der Waals surface area contributed by atoms with Gasteiger partial charge in [0, 0.05) is 0 Å². The summed E-state index contributed by atoms with van der Waals surface area (Å²) in [6.07, 6.45) is 0.424. The first-order valence-electron chi connectivity index (χ1n) is 10.9. The Morgan fingerprint density at radius 3 is 1.35 bits per heavy atom. The fraction of sp³-hybridized carbons (Fsp3) is 0.500. The molecule has 0 saturated heterocycles. The average molecular weight is 702 g/mol. The zero-order chi connectivity index (χ0) is 22.5. The summed E-state index contributed by atoms with van der Waals surface area (Å²) in [6.45, 7) is 17.9. The molecule has 31 heavy (non-hydrogen) atoms. The van der Waals surface area contributed by atoms with Crippen LogP contribution >= 0.6 is 18.0 Å². The molecular formula is C24H32O2S2Se2Te. The summed E-state index contributed by atoms with van der Waals surface area (Å²) in [5.41, 5.74) is 3.11. The Labute approximate surface area is 205 Å². The second kappa shape index (κ2) is 9.67. The van der Waals surface area contributed by atoms with Crippen molar-refractivity contribution in [2.75, 3.05) is 0 Å². The number of hydrogen-bond donors (Lipinski definition) is 0. The third-order valence-electron chi connectivity index (χ3n) is 4.92. The fourth-order valence-electron chi connectivity index (χ4n) is 3.56. The van der Waals surface area contributed by atoms with Crippen molar-refractivity contribution < 1.29 is 9.47 Å². The van der Waals surface area contributed by atoms with Crippen molar-refractivity contribution in [1.29, 1.82) is 0 Å². The summed E-state index contributed by atoms with van der Waals surface area (Å²) in [4.78, 5) is 2.97. The van der Waals surface area contributed by atoms with Crippen LogP contribution in [0.2, 0.25) is 0 Å². The van der Waals surface area contributed by atoms with E-state index in [2.05, 4.69) is 97.6 Å². The van der Waals surface area contributed by atoms with Crippen LogP contribution in [-0.4, -0.2) is 46.7 Å². The molecule has 0 saturated carbocycles. The molecule has 1 spiro atoms. The van der Waals surface area contributed by atoms with Crippen LogP contribution in [0.15, 0.2) is 34.1 Å². The second-order valence-corrected chi connectivity index (χ2v) is 64.9. The van der Waals surface area contributed by atoms with Crippen molar-refractivity contribution in [3.63, 3.8) is 0 Å². The van der Waals surface area contributed by atoms with E-state index >= 15 is 0 Å². The molecule has 0 N–H and O–H groups in total. The number of benzene rings is 2. The number of rotatable bonds is 6. The van der Waals surface area contributed by atoms with Crippen molar-refractivity contribution in [1.82, 2.24) is 0 Å². The van der Waals surface area contributed by atoms with Gasteiger partial charge in [-0.25, -0.2) is 0 Å². The fourth-order valence-corrected chi connectivity index (χ4v) is 75.4. The van der Waals surface area contributed by atoms with Crippen LogP contribution < -0.4 is 18.4 Å². The summed E-state index contributed by atoms with van der Waals surface area (Å²) in [5, 5.41) is 0. The number of fused-ring (bicyclic) bond motifs is 2. The van der Waals surface area contributed by atoms with Crippen LogP contribution in [-0.2, 0) is 0 Å². The van der Waals surface area contributed by atoms with E-state index < -0.39 is 11.0 Å². The quantitative estimate of drug-likeness (QED) is 0.370. The third kappa shape index (κ3) is 5.01. The Bertz CT molecular complexity index is 913. The van der Waals surface area contributed by atoms with E-state index in [9.17, 15) is 0 Å². The van der Waals surface area contributed by atoms with Crippen LogP contribution in [0.1, 0.15) is 78.4 Å². The molecule has 170 valence electrons. The normalized spacial score (nSPS) is 17.7. The zero-order valence-corrected chi connectivity index (χ0v) is 26.9. The van der Waals surface area contributed by atoms with Gasteiger partial charge in [-0.3, -0.25) is 0 Å². The molecule has 0 fully saturated rings. The molecule has 4 rings (SSSR count). The number of ether oxygens (including phenoxy) is 2. The molecule has 0 radical (unpaired) electrons. The minimum atomic E-state index is -2.27. The van der Waals surface area contributed by atoms with Gasteiger partial charge in [-0.2, -0.15) is 0 Å². The van der Waals surface area contributed by atoms with Crippen molar-refractivity contribution in [3.8, 4) is 11.5 Å². The number of hydrogen-bond acceptors (Lipinski definition) is 4. The Morgan fingerprint density at radius 1 is 0.645 bits per heavy atom. The molecule has 2 nitrogen and oxygen atoms in total. The maximum atomic E-state index is 6.30. The molecular weight excluding hydrogens is 670 g/mol. The minimum absolute atomic E-state index is 0.212. The van der Waals surface area contributed by atoms with Gasteiger partial charge in [0.1, 0.15) is 0 Å². The molecule has 2 aliphatic heterocycles. The summed E-state index contributed by atoms with van der Waals surface area (Å²) in [7, 11) is 2.29. The van der Waals surface area contributed by atoms with Gasteiger partial charge < -0.3 is 0 Å². The van der Waals surface area contributed by atoms with Crippen LogP contribution in [0.5, 0.6) is 11.5 Å². The van der Waals surface area contributed by atoms with Crippen molar-refractivity contribution >= 4 is 61.4 Å². The van der Waals surface area contributed by atoms with E-state index in [1.807, 2.05) is 0 Å². The Kier molecular flexibility index (Phi) is 7.70. The van der Waals surface area contributed by atoms with E-state index in [1.54, 1.807) is 20.1 Å². The topological polar surface area (TPSA) is 18.5 Å². The van der Waals surface area contributed by atoms with E-state index in [-0.39, 0.29) is 12.2 Å². The van der Waals surface area contributed by atoms with Gasteiger partial charge in [0.05, 0.1) is 0 Å². The van der Waals surface area contributed by atoms with Gasteiger partial charge in [0.15, 0.2) is 0 Å². The molecule has 0 bridgehead atoms. The summed E-state index contributed by atoms with van der Waals surface area (Å²) >= 11 is 1.15. The molecule has 0 atom stereocenters. The molecule has 0 unspecified atom stereocenters. The summed E-state index contributed by atoms with van der Waals surface area (Å²) in [6, 6.07) is 9.17. The second-order valence-electron chi connectivity index (χ2n) is 9.01. The van der Waals surface area contributed by atoms with Gasteiger partial charge in [-0.15, -0.1) is 0 Å². The first-order valence-corrected chi connectivity index (χ1v) is 31.1. The van der Waals surface area contributed by atoms with Crippen molar-refractivity contribution in [2.45, 2.75) is 89.2 Å². The molecule has 0 amide bonds.